The Morgan fingerprint density at radius 2 is 1.75 bits per heavy atom. The molecule has 20 heavy (non-hydrogen) atoms. The minimum atomic E-state index is -0.730. The summed E-state index contributed by atoms with van der Waals surface area (Å²) in [4.78, 5) is 22.0. The molecule has 0 unspecified atom stereocenters. The highest BCUT2D eigenvalue weighted by Gasteiger charge is 2.14. The van der Waals surface area contributed by atoms with Gasteiger partial charge in [0.25, 0.3) is 0 Å². The van der Waals surface area contributed by atoms with E-state index in [-0.39, 0.29) is 12.3 Å². The lowest BCUT2D eigenvalue weighted by molar-refractivity contribution is -0.137. The summed E-state index contributed by atoms with van der Waals surface area (Å²) in [5.41, 5.74) is 0. The van der Waals surface area contributed by atoms with Gasteiger partial charge in [-0.2, -0.15) is 0 Å². The van der Waals surface area contributed by atoms with Crippen molar-refractivity contribution in [2.45, 2.75) is 57.8 Å². The van der Waals surface area contributed by atoms with E-state index in [1.54, 1.807) is 0 Å². The molecule has 0 atom stereocenters. The largest absolute Gasteiger partial charge is 0.481 e. The Morgan fingerprint density at radius 3 is 2.45 bits per heavy atom. The second-order valence-corrected chi connectivity index (χ2v) is 5.50. The molecule has 116 valence electrons. The molecule has 1 heterocycles. The van der Waals surface area contributed by atoms with E-state index in [1.165, 1.54) is 0 Å². The maximum Gasteiger partial charge on any atom is 0.303 e. The second kappa shape index (κ2) is 10.7. The number of unbranched alkanes of at least 4 members (excludes halogenated alkanes) is 3. The lowest BCUT2D eigenvalue weighted by Gasteiger charge is -2.21. The van der Waals surface area contributed by atoms with Crippen LogP contribution in [0.3, 0.4) is 0 Å². The monoisotopic (exact) mass is 285 g/mol. The molecule has 0 aromatic rings. The maximum atomic E-state index is 11.6. The van der Waals surface area contributed by atoms with Crippen molar-refractivity contribution < 1.29 is 19.4 Å². The third-order valence-corrected chi connectivity index (χ3v) is 3.76. The van der Waals surface area contributed by atoms with Crippen molar-refractivity contribution in [3.63, 3.8) is 0 Å². The first-order valence-electron chi connectivity index (χ1n) is 7.74. The number of aliphatic carboxylic acids is 1. The Hall–Kier alpha value is -1.10. The summed E-state index contributed by atoms with van der Waals surface area (Å²) >= 11 is 0. The predicted octanol–water partition coefficient (Wildman–Crippen LogP) is 2.34. The van der Waals surface area contributed by atoms with Crippen LogP contribution < -0.4 is 5.32 Å². The van der Waals surface area contributed by atoms with E-state index < -0.39 is 5.97 Å². The molecule has 0 aliphatic carbocycles. The molecule has 1 aliphatic heterocycles. The molecule has 1 fully saturated rings. The number of carbonyl (C=O) groups is 2. The number of amides is 1. The molecule has 1 saturated heterocycles. The Balaban J connectivity index is 1.88. The lowest BCUT2D eigenvalue weighted by atomic mass is 9.95. The highest BCUT2D eigenvalue weighted by atomic mass is 16.5. The Labute approximate surface area is 121 Å². The fraction of sp³-hybridized carbons (Fsp3) is 0.867. The molecule has 5 heteroatoms. The minimum absolute atomic E-state index is 0.141. The summed E-state index contributed by atoms with van der Waals surface area (Å²) in [5.74, 6) is 0.0546. The summed E-state index contributed by atoms with van der Waals surface area (Å²) in [7, 11) is 0. The average Bonchev–Trinajstić information content (AvgIpc) is 2.45. The van der Waals surface area contributed by atoms with Gasteiger partial charge in [0.05, 0.1) is 0 Å². The second-order valence-electron chi connectivity index (χ2n) is 5.50. The van der Waals surface area contributed by atoms with Crippen molar-refractivity contribution in [1.29, 1.82) is 0 Å². The van der Waals surface area contributed by atoms with Crippen molar-refractivity contribution in [1.82, 2.24) is 5.32 Å². The van der Waals surface area contributed by atoms with E-state index in [0.717, 1.165) is 58.2 Å². The van der Waals surface area contributed by atoms with Crippen LogP contribution in [0, 0.1) is 5.92 Å². The molecule has 1 rings (SSSR count). The summed E-state index contributed by atoms with van der Waals surface area (Å²) in [6.07, 6.45) is 7.55. The number of hydrogen-bond acceptors (Lipinski definition) is 3. The molecule has 1 aliphatic rings. The molecular weight excluding hydrogens is 258 g/mol. The molecule has 0 aromatic heterocycles. The third-order valence-electron chi connectivity index (χ3n) is 3.76. The number of nitrogens with one attached hydrogen (secondary N) is 1. The quantitative estimate of drug-likeness (QED) is 0.604. The summed E-state index contributed by atoms with van der Waals surface area (Å²) < 4.78 is 5.30. The molecule has 2 N–H and O–H groups in total. The summed E-state index contributed by atoms with van der Waals surface area (Å²) in [5, 5.41) is 11.4. The Kier molecular flexibility index (Phi) is 9.04. The van der Waals surface area contributed by atoms with Crippen molar-refractivity contribution in [3.8, 4) is 0 Å². The molecule has 0 saturated carbocycles. The van der Waals surface area contributed by atoms with Gasteiger partial charge in [-0.05, 0) is 38.0 Å². The van der Waals surface area contributed by atoms with E-state index in [1.807, 2.05) is 0 Å². The zero-order valence-electron chi connectivity index (χ0n) is 12.2. The predicted molar refractivity (Wildman–Crippen MR) is 76.5 cm³/mol. The van der Waals surface area contributed by atoms with E-state index in [4.69, 9.17) is 9.84 Å². The number of carboxylic acid groups (broad SMARTS) is 1. The van der Waals surface area contributed by atoms with Crippen molar-refractivity contribution in [3.05, 3.63) is 0 Å². The van der Waals surface area contributed by atoms with Gasteiger partial charge in [0.15, 0.2) is 0 Å². The van der Waals surface area contributed by atoms with E-state index in [0.29, 0.717) is 18.9 Å². The van der Waals surface area contributed by atoms with Gasteiger partial charge < -0.3 is 15.2 Å². The molecule has 0 spiro atoms. The van der Waals surface area contributed by atoms with Gasteiger partial charge >= 0.3 is 5.97 Å². The first-order valence-corrected chi connectivity index (χ1v) is 7.74. The van der Waals surface area contributed by atoms with Gasteiger partial charge in [0.1, 0.15) is 0 Å². The molecular formula is C15H27NO4. The average molecular weight is 285 g/mol. The number of rotatable bonds is 10. The van der Waals surface area contributed by atoms with Gasteiger partial charge in [-0.15, -0.1) is 0 Å². The highest BCUT2D eigenvalue weighted by Crippen LogP contribution is 2.19. The Morgan fingerprint density at radius 1 is 1.05 bits per heavy atom. The highest BCUT2D eigenvalue weighted by molar-refractivity contribution is 5.75. The smallest absolute Gasteiger partial charge is 0.303 e. The SMILES string of the molecule is O=C(O)CCCCCCNC(=O)CCC1CCOCC1. The molecule has 0 radical (unpaired) electrons. The number of hydrogen-bond donors (Lipinski definition) is 2. The van der Waals surface area contributed by atoms with Crippen LogP contribution in [0.15, 0.2) is 0 Å². The van der Waals surface area contributed by atoms with Crippen LogP contribution >= 0.6 is 0 Å². The first kappa shape index (κ1) is 17.0. The van der Waals surface area contributed by atoms with Gasteiger partial charge in [-0.25, -0.2) is 0 Å². The minimum Gasteiger partial charge on any atom is -0.481 e. The normalized spacial score (nSPS) is 16.0. The number of ether oxygens (including phenoxy) is 1. The molecule has 0 aromatic carbocycles. The first-order chi connectivity index (χ1) is 9.68. The molecule has 5 nitrogen and oxygen atoms in total. The van der Waals surface area contributed by atoms with Crippen LogP contribution in [0.1, 0.15) is 57.8 Å². The lowest BCUT2D eigenvalue weighted by Crippen LogP contribution is -2.25. The Bertz CT molecular complexity index is 288. The van der Waals surface area contributed by atoms with Gasteiger partial charge in [0, 0.05) is 32.6 Å². The fourth-order valence-corrected chi connectivity index (χ4v) is 2.44. The van der Waals surface area contributed by atoms with Crippen molar-refractivity contribution >= 4 is 11.9 Å². The summed E-state index contributed by atoms with van der Waals surface area (Å²) in [6.45, 7) is 2.38. The number of carbonyl (C=O) groups excluding carboxylic acids is 1. The zero-order chi connectivity index (χ0) is 14.6. The standard InChI is InChI=1S/C15H27NO4/c17-14(7-6-13-8-11-20-12-9-13)16-10-4-2-1-3-5-15(18)19/h13H,1-12H2,(H,16,17)(H,18,19). The van der Waals surface area contributed by atoms with Gasteiger partial charge in [0.2, 0.25) is 5.91 Å². The van der Waals surface area contributed by atoms with Crippen LogP contribution in [-0.4, -0.2) is 36.7 Å². The van der Waals surface area contributed by atoms with E-state index in [9.17, 15) is 9.59 Å². The molecule has 1 amide bonds. The maximum absolute atomic E-state index is 11.6. The van der Waals surface area contributed by atoms with Crippen LogP contribution in [0.25, 0.3) is 0 Å². The van der Waals surface area contributed by atoms with Gasteiger partial charge in [-0.3, -0.25) is 9.59 Å². The van der Waals surface area contributed by atoms with Crippen LogP contribution in [0.2, 0.25) is 0 Å². The topological polar surface area (TPSA) is 75.6 Å². The number of carboxylic acids is 1. The fourth-order valence-electron chi connectivity index (χ4n) is 2.44. The third kappa shape index (κ3) is 8.91. The zero-order valence-corrected chi connectivity index (χ0v) is 12.2. The van der Waals surface area contributed by atoms with Crippen LogP contribution in [0.5, 0.6) is 0 Å². The van der Waals surface area contributed by atoms with E-state index >= 15 is 0 Å². The van der Waals surface area contributed by atoms with E-state index in [2.05, 4.69) is 5.32 Å². The van der Waals surface area contributed by atoms with Crippen molar-refractivity contribution in [2.75, 3.05) is 19.8 Å². The van der Waals surface area contributed by atoms with Crippen LogP contribution in [0.4, 0.5) is 0 Å². The van der Waals surface area contributed by atoms with Crippen LogP contribution in [-0.2, 0) is 14.3 Å². The summed E-state index contributed by atoms with van der Waals surface area (Å²) in [6, 6.07) is 0. The molecule has 0 bridgehead atoms. The van der Waals surface area contributed by atoms with Gasteiger partial charge in [-0.1, -0.05) is 12.8 Å². The van der Waals surface area contributed by atoms with Crippen molar-refractivity contribution in [2.24, 2.45) is 5.92 Å².